The molecule has 1 aliphatic carbocycles. The normalized spacial score (nSPS) is 14.2. The van der Waals surface area contributed by atoms with Crippen molar-refractivity contribution in [3.05, 3.63) is 113 Å². The molecule has 158 valence electrons. The summed E-state index contributed by atoms with van der Waals surface area (Å²) >= 11 is 3.71. The fourth-order valence-corrected chi connectivity index (χ4v) is 6.26. The zero-order valence-corrected chi connectivity index (χ0v) is 20.1. The van der Waals surface area contributed by atoms with E-state index < -0.39 is 0 Å². The Kier molecular flexibility index (Phi) is 3.82. The van der Waals surface area contributed by atoms with Crippen molar-refractivity contribution in [1.29, 1.82) is 0 Å². The van der Waals surface area contributed by atoms with E-state index >= 15 is 0 Å². The first kappa shape index (κ1) is 19.1. The number of benzene rings is 5. The zero-order valence-electron chi connectivity index (χ0n) is 18.6. The van der Waals surface area contributed by atoms with Crippen molar-refractivity contribution in [3.63, 3.8) is 0 Å². The maximum atomic E-state index is 3.71. The van der Waals surface area contributed by atoms with Gasteiger partial charge in [-0.2, -0.15) is 0 Å². The van der Waals surface area contributed by atoms with Crippen LogP contribution >= 0.6 is 15.9 Å². The third-order valence-corrected chi connectivity index (χ3v) is 7.93. The average Bonchev–Trinajstić information content (AvgIpc) is 3.28. The first-order chi connectivity index (χ1) is 16.1. The van der Waals surface area contributed by atoms with E-state index in [4.69, 9.17) is 0 Å². The second kappa shape index (κ2) is 6.59. The van der Waals surface area contributed by atoms with Gasteiger partial charge in [-0.1, -0.05) is 96.5 Å². The summed E-state index contributed by atoms with van der Waals surface area (Å²) in [6.07, 6.45) is 0. The maximum absolute atomic E-state index is 3.71. The lowest BCUT2D eigenvalue weighted by Gasteiger charge is -2.23. The lowest BCUT2D eigenvalue weighted by molar-refractivity contribution is 0.660. The molecule has 0 saturated heterocycles. The molecule has 5 aromatic carbocycles. The molecule has 0 spiro atoms. The Hall–Kier alpha value is -3.36. The predicted molar refractivity (Wildman–Crippen MR) is 144 cm³/mol. The molecule has 0 bridgehead atoms. The van der Waals surface area contributed by atoms with Crippen LogP contribution < -0.4 is 0 Å². The first-order valence-electron chi connectivity index (χ1n) is 11.4. The van der Waals surface area contributed by atoms with Gasteiger partial charge in [0.1, 0.15) is 0 Å². The Morgan fingerprint density at radius 3 is 1.85 bits per heavy atom. The summed E-state index contributed by atoms with van der Waals surface area (Å²) in [7, 11) is 0. The SMILES string of the molecule is CC1(C)c2cc(Br)ccc2-c2c1cc(-n1c3ccccc3c3ccccc31)c1ccccc21. The molecule has 7 rings (SSSR count). The molecule has 0 N–H and O–H groups in total. The molecule has 0 saturated carbocycles. The van der Waals surface area contributed by atoms with Crippen molar-refractivity contribution in [2.24, 2.45) is 0 Å². The van der Waals surface area contributed by atoms with Crippen LogP contribution in [0.1, 0.15) is 25.0 Å². The third-order valence-electron chi connectivity index (χ3n) is 7.44. The fraction of sp³-hybridized carbons (Fsp3) is 0.0968. The van der Waals surface area contributed by atoms with Crippen molar-refractivity contribution in [1.82, 2.24) is 4.57 Å². The largest absolute Gasteiger partial charge is 0.309 e. The number of halogens is 1. The Morgan fingerprint density at radius 1 is 0.606 bits per heavy atom. The number of aromatic nitrogens is 1. The van der Waals surface area contributed by atoms with Crippen LogP contribution in [0.2, 0.25) is 0 Å². The molecule has 0 atom stereocenters. The minimum atomic E-state index is -0.0774. The zero-order chi connectivity index (χ0) is 22.3. The van der Waals surface area contributed by atoms with Gasteiger partial charge in [0.15, 0.2) is 0 Å². The Morgan fingerprint density at radius 2 is 1.18 bits per heavy atom. The van der Waals surface area contributed by atoms with Crippen LogP contribution in [0.25, 0.3) is 49.4 Å². The van der Waals surface area contributed by atoms with Gasteiger partial charge >= 0.3 is 0 Å². The Balaban J connectivity index is 1.68. The van der Waals surface area contributed by atoms with Gasteiger partial charge in [0, 0.05) is 26.0 Å². The van der Waals surface area contributed by atoms with Crippen molar-refractivity contribution >= 4 is 48.5 Å². The molecule has 1 heterocycles. The summed E-state index contributed by atoms with van der Waals surface area (Å²) in [5, 5.41) is 5.20. The van der Waals surface area contributed by atoms with Gasteiger partial charge in [0.2, 0.25) is 0 Å². The van der Waals surface area contributed by atoms with Gasteiger partial charge in [-0.15, -0.1) is 0 Å². The second-order valence-electron chi connectivity index (χ2n) is 9.55. The Bertz CT molecular complexity index is 1700. The van der Waals surface area contributed by atoms with Crippen LogP contribution in [0.15, 0.2) is 102 Å². The molecular weight excluding hydrogens is 466 g/mol. The van der Waals surface area contributed by atoms with Crippen molar-refractivity contribution < 1.29 is 0 Å². The van der Waals surface area contributed by atoms with Crippen LogP contribution in [0.4, 0.5) is 0 Å². The van der Waals surface area contributed by atoms with Gasteiger partial charge in [-0.3, -0.25) is 0 Å². The molecule has 0 amide bonds. The first-order valence-corrected chi connectivity index (χ1v) is 12.2. The minimum Gasteiger partial charge on any atom is -0.309 e. The van der Waals surface area contributed by atoms with Crippen LogP contribution in [-0.4, -0.2) is 4.57 Å². The highest BCUT2D eigenvalue weighted by Crippen LogP contribution is 2.53. The van der Waals surface area contributed by atoms with E-state index in [2.05, 4.69) is 131 Å². The number of rotatable bonds is 1. The maximum Gasteiger partial charge on any atom is 0.0544 e. The molecule has 1 aromatic heterocycles. The minimum absolute atomic E-state index is 0.0774. The highest BCUT2D eigenvalue weighted by Gasteiger charge is 2.37. The standard InChI is InChI=1S/C31H22BrN/c1-31(2)25-17-19(32)15-16-24(25)30-23-12-4-3-11-22(23)29(18-26(30)31)33-27-13-7-5-9-20(27)21-10-6-8-14-28(21)33/h3-18H,1-2H3. The Labute approximate surface area is 201 Å². The summed E-state index contributed by atoms with van der Waals surface area (Å²) in [4.78, 5) is 0. The smallest absolute Gasteiger partial charge is 0.0544 e. The lowest BCUT2D eigenvalue weighted by Crippen LogP contribution is -2.15. The molecule has 6 aromatic rings. The van der Waals surface area contributed by atoms with Gasteiger partial charge in [-0.05, 0) is 58.0 Å². The monoisotopic (exact) mass is 487 g/mol. The fourth-order valence-electron chi connectivity index (χ4n) is 5.90. The van der Waals surface area contributed by atoms with Crippen molar-refractivity contribution in [2.75, 3.05) is 0 Å². The molecule has 0 radical (unpaired) electrons. The molecule has 0 aliphatic heterocycles. The van der Waals surface area contributed by atoms with E-state index in [9.17, 15) is 0 Å². The molecule has 33 heavy (non-hydrogen) atoms. The number of hydrogen-bond donors (Lipinski definition) is 0. The third kappa shape index (κ3) is 2.47. The molecule has 0 unspecified atom stereocenters. The number of hydrogen-bond acceptors (Lipinski definition) is 0. The van der Waals surface area contributed by atoms with E-state index in [1.807, 2.05) is 0 Å². The van der Waals surface area contributed by atoms with Crippen LogP contribution in [0.5, 0.6) is 0 Å². The van der Waals surface area contributed by atoms with E-state index in [-0.39, 0.29) is 5.41 Å². The summed E-state index contributed by atoms with van der Waals surface area (Å²) in [6, 6.07) is 35.6. The summed E-state index contributed by atoms with van der Waals surface area (Å²) in [5.41, 5.74) is 9.18. The number of para-hydroxylation sites is 2. The number of nitrogens with zero attached hydrogens (tertiary/aromatic N) is 1. The molecule has 2 heteroatoms. The summed E-state index contributed by atoms with van der Waals surface area (Å²) in [5.74, 6) is 0. The lowest BCUT2D eigenvalue weighted by atomic mass is 9.81. The van der Waals surface area contributed by atoms with Gasteiger partial charge in [-0.25, -0.2) is 0 Å². The van der Waals surface area contributed by atoms with E-state index in [1.54, 1.807) is 0 Å². The highest BCUT2D eigenvalue weighted by atomic mass is 79.9. The summed E-state index contributed by atoms with van der Waals surface area (Å²) < 4.78 is 3.59. The topological polar surface area (TPSA) is 4.93 Å². The van der Waals surface area contributed by atoms with E-state index in [0.29, 0.717) is 0 Å². The summed E-state index contributed by atoms with van der Waals surface area (Å²) in [6.45, 7) is 4.71. The van der Waals surface area contributed by atoms with E-state index in [1.165, 1.54) is 60.5 Å². The van der Waals surface area contributed by atoms with Crippen molar-refractivity contribution in [2.45, 2.75) is 19.3 Å². The van der Waals surface area contributed by atoms with Gasteiger partial charge in [0.25, 0.3) is 0 Å². The van der Waals surface area contributed by atoms with Gasteiger partial charge < -0.3 is 4.57 Å². The van der Waals surface area contributed by atoms with E-state index in [0.717, 1.165) is 4.47 Å². The number of fused-ring (bicyclic) bond motifs is 8. The second-order valence-corrected chi connectivity index (χ2v) is 10.5. The van der Waals surface area contributed by atoms with Gasteiger partial charge in [0.05, 0.1) is 16.7 Å². The quantitative estimate of drug-likeness (QED) is 0.218. The van der Waals surface area contributed by atoms with Crippen LogP contribution in [0.3, 0.4) is 0 Å². The molecule has 1 nitrogen and oxygen atoms in total. The highest BCUT2D eigenvalue weighted by molar-refractivity contribution is 9.10. The van der Waals surface area contributed by atoms with Crippen LogP contribution in [-0.2, 0) is 5.41 Å². The van der Waals surface area contributed by atoms with Crippen LogP contribution in [0, 0.1) is 0 Å². The molecular formula is C31H22BrN. The van der Waals surface area contributed by atoms with Crippen molar-refractivity contribution in [3.8, 4) is 16.8 Å². The average molecular weight is 488 g/mol. The molecule has 1 aliphatic rings. The predicted octanol–water partition coefficient (Wildman–Crippen LogP) is 9.01. The molecule has 0 fully saturated rings.